The summed E-state index contributed by atoms with van der Waals surface area (Å²) < 4.78 is 1.89. The number of rotatable bonds is 4. The molecule has 1 aromatic rings. The number of aromatic nitrogens is 3. The summed E-state index contributed by atoms with van der Waals surface area (Å²) in [7, 11) is 1.92. The van der Waals surface area contributed by atoms with Crippen LogP contribution in [0.2, 0.25) is 0 Å². The number of amides is 1. The van der Waals surface area contributed by atoms with Crippen LogP contribution in [0.25, 0.3) is 0 Å². The molecule has 2 saturated carbocycles. The average Bonchev–Trinajstić information content (AvgIpc) is 2.84. The third-order valence-corrected chi connectivity index (χ3v) is 5.24. The van der Waals surface area contributed by atoms with Crippen LogP contribution in [0.3, 0.4) is 0 Å². The van der Waals surface area contributed by atoms with E-state index < -0.39 is 0 Å². The SMILES string of the molecule is Cl.Cl.Cn1cnnc1CCNC(=O)C1CC2CCCC(C1)C2N. The molecule has 0 aromatic carbocycles. The highest BCUT2D eigenvalue weighted by molar-refractivity contribution is 5.85. The predicted molar refractivity (Wildman–Crippen MR) is 93.7 cm³/mol. The molecular formula is C15H27Cl2N5O. The number of carbonyl (C=O) groups excluding carboxylic acids is 1. The molecule has 23 heavy (non-hydrogen) atoms. The Labute approximate surface area is 149 Å². The summed E-state index contributed by atoms with van der Waals surface area (Å²) in [4.78, 5) is 12.4. The number of fused-ring (bicyclic) bond motifs is 2. The van der Waals surface area contributed by atoms with Gasteiger partial charge in [0, 0.05) is 32.0 Å². The highest BCUT2D eigenvalue weighted by Gasteiger charge is 2.40. The third kappa shape index (κ3) is 4.58. The van der Waals surface area contributed by atoms with Crippen LogP contribution in [0.15, 0.2) is 6.33 Å². The van der Waals surface area contributed by atoms with Gasteiger partial charge in [-0.1, -0.05) is 6.42 Å². The first kappa shape index (κ1) is 20.2. The summed E-state index contributed by atoms with van der Waals surface area (Å²) in [6, 6.07) is 0.321. The molecule has 132 valence electrons. The van der Waals surface area contributed by atoms with Crippen LogP contribution in [-0.4, -0.2) is 33.3 Å². The fourth-order valence-corrected chi connectivity index (χ4v) is 3.98. The smallest absolute Gasteiger partial charge is 0.223 e. The van der Waals surface area contributed by atoms with Crippen molar-refractivity contribution in [1.29, 1.82) is 0 Å². The van der Waals surface area contributed by atoms with E-state index in [0.717, 1.165) is 25.1 Å². The molecule has 2 bridgehead atoms. The number of nitrogens with one attached hydrogen (secondary N) is 1. The molecule has 2 aliphatic carbocycles. The minimum Gasteiger partial charge on any atom is -0.355 e. The van der Waals surface area contributed by atoms with Crippen LogP contribution < -0.4 is 11.1 Å². The molecule has 2 aliphatic rings. The van der Waals surface area contributed by atoms with E-state index >= 15 is 0 Å². The molecule has 3 rings (SSSR count). The minimum absolute atomic E-state index is 0. The number of nitrogens with zero attached hydrogens (tertiary/aromatic N) is 3. The molecule has 1 heterocycles. The summed E-state index contributed by atoms with van der Waals surface area (Å²) in [5.74, 6) is 2.34. The lowest BCUT2D eigenvalue weighted by Gasteiger charge is -2.43. The Morgan fingerprint density at radius 3 is 2.57 bits per heavy atom. The van der Waals surface area contributed by atoms with E-state index in [1.165, 1.54) is 19.3 Å². The van der Waals surface area contributed by atoms with Gasteiger partial charge < -0.3 is 15.6 Å². The van der Waals surface area contributed by atoms with Gasteiger partial charge in [-0.2, -0.15) is 0 Å². The molecule has 6 nitrogen and oxygen atoms in total. The zero-order valence-electron chi connectivity index (χ0n) is 13.5. The molecule has 3 N–H and O–H groups in total. The topological polar surface area (TPSA) is 85.8 Å². The van der Waals surface area contributed by atoms with E-state index in [0.29, 0.717) is 24.4 Å². The Kier molecular flexibility index (Phi) is 7.77. The standard InChI is InChI=1S/C15H25N5O.2ClH/c1-20-9-18-19-13(20)5-6-17-15(21)12-7-10-3-2-4-11(8-12)14(10)16;;/h9-12,14H,2-8,16H2,1H3,(H,17,21);2*1H. The Bertz CT molecular complexity index is 496. The third-order valence-electron chi connectivity index (χ3n) is 5.24. The number of hydrogen-bond donors (Lipinski definition) is 2. The lowest BCUT2D eigenvalue weighted by molar-refractivity contribution is -0.127. The largest absolute Gasteiger partial charge is 0.355 e. The first-order chi connectivity index (χ1) is 10.1. The lowest BCUT2D eigenvalue weighted by atomic mass is 9.65. The predicted octanol–water partition coefficient (Wildman–Crippen LogP) is 1.47. The minimum atomic E-state index is 0. The second-order valence-electron chi connectivity index (χ2n) is 6.60. The van der Waals surface area contributed by atoms with Crippen molar-refractivity contribution >= 4 is 30.7 Å². The number of aryl methyl sites for hydroxylation is 1. The van der Waals surface area contributed by atoms with E-state index in [-0.39, 0.29) is 36.6 Å². The van der Waals surface area contributed by atoms with Crippen molar-refractivity contribution in [3.05, 3.63) is 12.2 Å². The van der Waals surface area contributed by atoms with Crippen LogP contribution in [0.4, 0.5) is 0 Å². The molecule has 0 aliphatic heterocycles. The average molecular weight is 364 g/mol. The Balaban J connectivity index is 0.00000132. The van der Waals surface area contributed by atoms with Gasteiger partial charge in [-0.15, -0.1) is 35.0 Å². The summed E-state index contributed by atoms with van der Waals surface area (Å²) in [6.45, 7) is 0.628. The maximum Gasteiger partial charge on any atom is 0.223 e. The number of nitrogens with two attached hydrogens (primary N) is 1. The number of carbonyl (C=O) groups is 1. The zero-order valence-corrected chi connectivity index (χ0v) is 15.1. The van der Waals surface area contributed by atoms with Gasteiger partial charge in [0.25, 0.3) is 0 Å². The maximum absolute atomic E-state index is 12.4. The van der Waals surface area contributed by atoms with Gasteiger partial charge in [0.05, 0.1) is 0 Å². The molecule has 0 radical (unpaired) electrons. The zero-order chi connectivity index (χ0) is 14.8. The lowest BCUT2D eigenvalue weighted by Crippen LogP contribution is -2.49. The van der Waals surface area contributed by atoms with Crippen molar-refractivity contribution in [3.8, 4) is 0 Å². The monoisotopic (exact) mass is 363 g/mol. The Morgan fingerprint density at radius 2 is 2.00 bits per heavy atom. The van der Waals surface area contributed by atoms with Crippen molar-refractivity contribution in [2.45, 2.75) is 44.6 Å². The van der Waals surface area contributed by atoms with Crippen LogP contribution in [0, 0.1) is 17.8 Å². The first-order valence-electron chi connectivity index (χ1n) is 8.01. The van der Waals surface area contributed by atoms with E-state index in [1.54, 1.807) is 6.33 Å². The Hall–Kier alpha value is -0.850. The van der Waals surface area contributed by atoms with E-state index in [2.05, 4.69) is 15.5 Å². The fourth-order valence-electron chi connectivity index (χ4n) is 3.98. The molecule has 8 heteroatoms. The molecule has 1 amide bonds. The van der Waals surface area contributed by atoms with Crippen molar-refractivity contribution in [2.24, 2.45) is 30.5 Å². The van der Waals surface area contributed by atoms with Gasteiger partial charge in [-0.05, 0) is 37.5 Å². The number of halogens is 2. The van der Waals surface area contributed by atoms with Crippen LogP contribution in [-0.2, 0) is 18.3 Å². The van der Waals surface area contributed by atoms with Crippen LogP contribution in [0.1, 0.15) is 37.9 Å². The normalized spacial score (nSPS) is 29.1. The quantitative estimate of drug-likeness (QED) is 0.847. The van der Waals surface area contributed by atoms with Gasteiger partial charge in [0.15, 0.2) is 0 Å². The molecule has 0 spiro atoms. The molecule has 2 unspecified atom stereocenters. The van der Waals surface area contributed by atoms with Crippen molar-refractivity contribution in [2.75, 3.05) is 6.54 Å². The second-order valence-corrected chi connectivity index (χ2v) is 6.60. The summed E-state index contributed by atoms with van der Waals surface area (Å²) >= 11 is 0. The van der Waals surface area contributed by atoms with Gasteiger partial charge in [0.1, 0.15) is 12.2 Å². The molecule has 2 atom stereocenters. The number of hydrogen-bond acceptors (Lipinski definition) is 4. The van der Waals surface area contributed by atoms with E-state index in [4.69, 9.17) is 5.73 Å². The Morgan fingerprint density at radius 1 is 1.35 bits per heavy atom. The van der Waals surface area contributed by atoms with Crippen LogP contribution in [0.5, 0.6) is 0 Å². The van der Waals surface area contributed by atoms with E-state index in [1.807, 2.05) is 11.6 Å². The van der Waals surface area contributed by atoms with Crippen LogP contribution >= 0.6 is 24.8 Å². The molecular weight excluding hydrogens is 337 g/mol. The van der Waals surface area contributed by atoms with Crippen molar-refractivity contribution < 1.29 is 4.79 Å². The summed E-state index contributed by atoms with van der Waals surface area (Å²) in [5, 5.41) is 10.9. The fraction of sp³-hybridized carbons (Fsp3) is 0.800. The van der Waals surface area contributed by atoms with Crippen molar-refractivity contribution in [3.63, 3.8) is 0 Å². The first-order valence-corrected chi connectivity index (χ1v) is 8.01. The maximum atomic E-state index is 12.4. The molecule has 2 fully saturated rings. The van der Waals surface area contributed by atoms with E-state index in [9.17, 15) is 4.79 Å². The van der Waals surface area contributed by atoms with Gasteiger partial charge >= 0.3 is 0 Å². The molecule has 1 aromatic heterocycles. The molecule has 0 saturated heterocycles. The summed E-state index contributed by atoms with van der Waals surface area (Å²) in [5.41, 5.74) is 6.28. The summed E-state index contributed by atoms with van der Waals surface area (Å²) in [6.07, 6.45) is 8.01. The van der Waals surface area contributed by atoms with Crippen molar-refractivity contribution in [1.82, 2.24) is 20.1 Å². The van der Waals surface area contributed by atoms with Gasteiger partial charge in [-0.25, -0.2) is 0 Å². The highest BCUT2D eigenvalue weighted by Crippen LogP contribution is 2.41. The van der Waals surface area contributed by atoms with Gasteiger partial charge in [-0.3, -0.25) is 4.79 Å². The van der Waals surface area contributed by atoms with Gasteiger partial charge in [0.2, 0.25) is 5.91 Å². The second kappa shape index (κ2) is 8.85. The highest BCUT2D eigenvalue weighted by atomic mass is 35.5.